The molecule has 0 bridgehead atoms. The molecular formula is C13H23N3. The molecule has 3 nitrogen and oxygen atoms in total. The minimum absolute atomic E-state index is 0.519. The smallest absolute Gasteiger partial charge is 0.106 e. The van der Waals surface area contributed by atoms with E-state index < -0.39 is 0 Å². The van der Waals surface area contributed by atoms with Crippen LogP contribution in [0.15, 0.2) is 6.20 Å². The molecule has 16 heavy (non-hydrogen) atoms. The van der Waals surface area contributed by atoms with E-state index in [-0.39, 0.29) is 0 Å². The monoisotopic (exact) mass is 221 g/mol. The van der Waals surface area contributed by atoms with Crippen molar-refractivity contribution in [1.82, 2.24) is 9.97 Å². The average Bonchev–Trinajstić information content (AvgIpc) is 2.78. The third kappa shape index (κ3) is 2.85. The molecule has 1 aliphatic carbocycles. The lowest BCUT2D eigenvalue weighted by Crippen LogP contribution is -2.14. The van der Waals surface area contributed by atoms with Crippen LogP contribution in [0.5, 0.6) is 0 Å². The highest BCUT2D eigenvalue weighted by molar-refractivity contribution is 5.08. The van der Waals surface area contributed by atoms with E-state index in [1.807, 2.05) is 6.20 Å². The predicted octanol–water partition coefficient (Wildman–Crippen LogP) is 2.59. The van der Waals surface area contributed by atoms with Gasteiger partial charge in [-0.25, -0.2) is 4.98 Å². The van der Waals surface area contributed by atoms with E-state index in [2.05, 4.69) is 16.9 Å². The molecule has 0 saturated heterocycles. The zero-order valence-corrected chi connectivity index (χ0v) is 10.2. The summed E-state index contributed by atoms with van der Waals surface area (Å²) in [6, 6.07) is 0. The lowest BCUT2D eigenvalue weighted by molar-refractivity contribution is 0.437. The molecule has 1 unspecified atom stereocenters. The Morgan fingerprint density at radius 1 is 1.44 bits per heavy atom. The molecular weight excluding hydrogens is 198 g/mol. The molecule has 1 atom stereocenters. The highest BCUT2D eigenvalue weighted by atomic mass is 14.9. The molecule has 0 amide bonds. The molecule has 1 aromatic heterocycles. The van der Waals surface area contributed by atoms with E-state index in [9.17, 15) is 0 Å². The van der Waals surface area contributed by atoms with Crippen molar-refractivity contribution >= 4 is 0 Å². The van der Waals surface area contributed by atoms with Gasteiger partial charge in [0.05, 0.1) is 0 Å². The Hall–Kier alpha value is -0.830. The van der Waals surface area contributed by atoms with Gasteiger partial charge in [0, 0.05) is 24.2 Å². The SMILES string of the molecule is CC(CN)Cc1ncc(C2CCCCC2)[nH]1. The van der Waals surface area contributed by atoms with Crippen LogP contribution < -0.4 is 5.73 Å². The van der Waals surface area contributed by atoms with Crippen LogP contribution in [-0.2, 0) is 6.42 Å². The summed E-state index contributed by atoms with van der Waals surface area (Å²) in [5, 5.41) is 0. The van der Waals surface area contributed by atoms with E-state index in [1.54, 1.807) is 0 Å². The number of H-pyrrole nitrogens is 1. The maximum atomic E-state index is 5.63. The molecule has 3 N–H and O–H groups in total. The quantitative estimate of drug-likeness (QED) is 0.821. The standard InChI is InChI=1S/C13H23N3/c1-10(8-14)7-13-15-9-12(16-13)11-5-3-2-4-6-11/h9-11H,2-8,14H2,1H3,(H,15,16). The van der Waals surface area contributed by atoms with E-state index in [4.69, 9.17) is 5.73 Å². The van der Waals surface area contributed by atoms with E-state index in [0.717, 1.165) is 24.7 Å². The van der Waals surface area contributed by atoms with Crippen LogP contribution in [0, 0.1) is 5.92 Å². The number of nitrogens with two attached hydrogens (primary N) is 1. The molecule has 1 fully saturated rings. The third-order valence-electron chi connectivity index (χ3n) is 3.64. The number of hydrogen-bond acceptors (Lipinski definition) is 2. The second kappa shape index (κ2) is 5.48. The first kappa shape index (κ1) is 11.6. The van der Waals surface area contributed by atoms with Gasteiger partial charge in [0.25, 0.3) is 0 Å². The molecule has 0 spiro atoms. The fourth-order valence-corrected chi connectivity index (χ4v) is 2.52. The first-order chi connectivity index (χ1) is 7.79. The minimum atomic E-state index is 0.519. The van der Waals surface area contributed by atoms with E-state index in [0.29, 0.717) is 5.92 Å². The van der Waals surface area contributed by atoms with Crippen molar-refractivity contribution in [1.29, 1.82) is 0 Å². The molecule has 1 saturated carbocycles. The van der Waals surface area contributed by atoms with Gasteiger partial charge in [0.15, 0.2) is 0 Å². The maximum Gasteiger partial charge on any atom is 0.106 e. The van der Waals surface area contributed by atoms with Gasteiger partial charge in [-0.15, -0.1) is 0 Å². The molecule has 2 rings (SSSR count). The molecule has 0 radical (unpaired) electrons. The van der Waals surface area contributed by atoms with E-state index in [1.165, 1.54) is 37.8 Å². The zero-order chi connectivity index (χ0) is 11.4. The number of aromatic nitrogens is 2. The fraction of sp³-hybridized carbons (Fsp3) is 0.769. The molecule has 90 valence electrons. The van der Waals surface area contributed by atoms with Gasteiger partial charge in [-0.2, -0.15) is 0 Å². The molecule has 1 heterocycles. The highest BCUT2D eigenvalue weighted by Gasteiger charge is 2.17. The summed E-state index contributed by atoms with van der Waals surface area (Å²) < 4.78 is 0. The molecule has 0 aliphatic heterocycles. The van der Waals surface area contributed by atoms with Crippen molar-refractivity contribution in [3.8, 4) is 0 Å². The Labute approximate surface area is 97.8 Å². The molecule has 0 aromatic carbocycles. The second-order valence-corrected chi connectivity index (χ2v) is 5.17. The van der Waals surface area contributed by atoms with Crippen LogP contribution in [-0.4, -0.2) is 16.5 Å². The van der Waals surface area contributed by atoms with Crippen molar-refractivity contribution in [2.45, 2.75) is 51.4 Å². The Kier molecular flexibility index (Phi) is 3.99. The van der Waals surface area contributed by atoms with Crippen molar-refractivity contribution in [2.75, 3.05) is 6.54 Å². The van der Waals surface area contributed by atoms with Gasteiger partial charge in [0.2, 0.25) is 0 Å². The van der Waals surface area contributed by atoms with Crippen LogP contribution in [0.25, 0.3) is 0 Å². The Morgan fingerprint density at radius 2 is 2.19 bits per heavy atom. The lowest BCUT2D eigenvalue weighted by atomic mass is 9.87. The highest BCUT2D eigenvalue weighted by Crippen LogP contribution is 2.31. The van der Waals surface area contributed by atoms with Gasteiger partial charge >= 0.3 is 0 Å². The number of hydrogen-bond donors (Lipinski definition) is 2. The Bertz CT molecular complexity index is 313. The molecule has 1 aromatic rings. The summed E-state index contributed by atoms with van der Waals surface area (Å²) in [5.41, 5.74) is 6.97. The number of nitrogens with zero attached hydrogens (tertiary/aromatic N) is 1. The summed E-state index contributed by atoms with van der Waals surface area (Å²) in [5.74, 6) is 2.35. The maximum absolute atomic E-state index is 5.63. The summed E-state index contributed by atoms with van der Waals surface area (Å²) in [6.07, 6.45) is 9.82. The Morgan fingerprint density at radius 3 is 2.88 bits per heavy atom. The van der Waals surface area contributed by atoms with Gasteiger partial charge in [-0.3, -0.25) is 0 Å². The summed E-state index contributed by atoms with van der Waals surface area (Å²) in [4.78, 5) is 7.95. The van der Waals surface area contributed by atoms with Crippen LogP contribution in [0.4, 0.5) is 0 Å². The normalized spacial score (nSPS) is 19.9. The van der Waals surface area contributed by atoms with Crippen molar-refractivity contribution in [3.63, 3.8) is 0 Å². The van der Waals surface area contributed by atoms with Crippen molar-refractivity contribution < 1.29 is 0 Å². The molecule has 3 heteroatoms. The van der Waals surface area contributed by atoms with Crippen LogP contribution >= 0.6 is 0 Å². The van der Waals surface area contributed by atoms with Gasteiger partial charge in [-0.05, 0) is 25.3 Å². The van der Waals surface area contributed by atoms with Gasteiger partial charge < -0.3 is 10.7 Å². The van der Waals surface area contributed by atoms with Crippen LogP contribution in [0.1, 0.15) is 56.5 Å². The number of aromatic amines is 1. The number of nitrogens with one attached hydrogen (secondary N) is 1. The zero-order valence-electron chi connectivity index (χ0n) is 10.2. The second-order valence-electron chi connectivity index (χ2n) is 5.17. The average molecular weight is 221 g/mol. The number of imidazole rings is 1. The lowest BCUT2D eigenvalue weighted by Gasteiger charge is -2.19. The van der Waals surface area contributed by atoms with Gasteiger partial charge in [0.1, 0.15) is 5.82 Å². The first-order valence-electron chi connectivity index (χ1n) is 6.53. The summed E-state index contributed by atoms with van der Waals surface area (Å²) in [6.45, 7) is 2.91. The minimum Gasteiger partial charge on any atom is -0.346 e. The largest absolute Gasteiger partial charge is 0.346 e. The van der Waals surface area contributed by atoms with Crippen LogP contribution in [0.2, 0.25) is 0 Å². The van der Waals surface area contributed by atoms with Gasteiger partial charge in [-0.1, -0.05) is 26.2 Å². The van der Waals surface area contributed by atoms with Crippen molar-refractivity contribution in [3.05, 3.63) is 17.7 Å². The summed E-state index contributed by atoms with van der Waals surface area (Å²) >= 11 is 0. The first-order valence-corrected chi connectivity index (χ1v) is 6.53. The molecule has 1 aliphatic rings. The van der Waals surface area contributed by atoms with Crippen LogP contribution in [0.3, 0.4) is 0 Å². The van der Waals surface area contributed by atoms with Crippen molar-refractivity contribution in [2.24, 2.45) is 11.7 Å². The topological polar surface area (TPSA) is 54.7 Å². The van der Waals surface area contributed by atoms with E-state index >= 15 is 0 Å². The fourth-order valence-electron chi connectivity index (χ4n) is 2.52. The Balaban J connectivity index is 1.95. The third-order valence-corrected chi connectivity index (χ3v) is 3.64. The predicted molar refractivity (Wildman–Crippen MR) is 66.3 cm³/mol. The number of rotatable bonds is 4. The summed E-state index contributed by atoms with van der Waals surface area (Å²) in [7, 11) is 0.